The molecule has 2 nitrogen and oxygen atoms in total. The van der Waals surface area contributed by atoms with Crippen molar-refractivity contribution in [3.8, 4) is 0 Å². The van der Waals surface area contributed by atoms with E-state index in [4.69, 9.17) is 0 Å². The largest absolute Gasteiger partial charge is 0.300 e. The van der Waals surface area contributed by atoms with Gasteiger partial charge in [-0.25, -0.2) is 0 Å². The number of hydrogen-bond donors (Lipinski definition) is 0. The molecule has 4 aliphatic carbocycles. The Balaban J connectivity index is 1.76. The predicted molar refractivity (Wildman–Crippen MR) is 95.2 cm³/mol. The van der Waals surface area contributed by atoms with Gasteiger partial charge in [-0.2, -0.15) is 0 Å². The summed E-state index contributed by atoms with van der Waals surface area (Å²) in [6, 6.07) is 0. The lowest BCUT2D eigenvalue weighted by atomic mass is 9.49. The molecule has 4 rings (SSSR count). The van der Waals surface area contributed by atoms with Gasteiger partial charge in [0.2, 0.25) is 0 Å². The smallest absolute Gasteiger partial charge is 0.178 e. The van der Waals surface area contributed by atoms with Gasteiger partial charge in [-0.05, 0) is 73.0 Å². The van der Waals surface area contributed by atoms with Crippen molar-refractivity contribution in [2.45, 2.75) is 47.0 Å². The van der Waals surface area contributed by atoms with Crippen LogP contribution < -0.4 is 0 Å². The minimum atomic E-state index is -0.0216. The molecule has 0 aromatic rings. The number of fused-ring (bicyclic) bond motifs is 5. The maximum atomic E-state index is 12.3. The summed E-state index contributed by atoms with van der Waals surface area (Å²) in [5.41, 5.74) is 1.29. The fourth-order valence-electron chi connectivity index (χ4n) is 6.88. The first-order valence-corrected chi connectivity index (χ1v) is 9.41. The van der Waals surface area contributed by atoms with E-state index in [9.17, 15) is 9.59 Å². The second kappa shape index (κ2) is 5.03. The van der Waals surface area contributed by atoms with E-state index in [1.165, 1.54) is 5.57 Å². The Morgan fingerprint density at radius 3 is 2.67 bits per heavy atom. The molecule has 0 spiro atoms. The van der Waals surface area contributed by atoms with E-state index in [-0.39, 0.29) is 22.5 Å². The van der Waals surface area contributed by atoms with Crippen LogP contribution in [0.2, 0.25) is 0 Å². The van der Waals surface area contributed by atoms with Crippen molar-refractivity contribution in [1.82, 2.24) is 0 Å². The van der Waals surface area contributed by atoms with Crippen LogP contribution in [0, 0.1) is 40.4 Å². The third-order valence-corrected chi connectivity index (χ3v) is 7.90. The van der Waals surface area contributed by atoms with Gasteiger partial charge in [-0.1, -0.05) is 39.0 Å². The van der Waals surface area contributed by atoms with Crippen LogP contribution in [0.4, 0.5) is 0 Å². The van der Waals surface area contributed by atoms with Crippen molar-refractivity contribution in [2.24, 2.45) is 40.4 Å². The molecule has 24 heavy (non-hydrogen) atoms. The van der Waals surface area contributed by atoms with Gasteiger partial charge in [0, 0.05) is 11.3 Å². The minimum absolute atomic E-state index is 0.0216. The summed E-state index contributed by atoms with van der Waals surface area (Å²) in [6.45, 7) is 8.72. The van der Waals surface area contributed by atoms with E-state index >= 15 is 0 Å². The Hall–Kier alpha value is -1.44. The molecule has 2 fully saturated rings. The number of carbonyl (C=O) groups is 2. The van der Waals surface area contributed by atoms with E-state index < -0.39 is 0 Å². The Kier molecular flexibility index (Phi) is 3.37. The third-order valence-electron chi connectivity index (χ3n) is 7.90. The number of allylic oxidation sites excluding steroid dienone is 6. The zero-order valence-corrected chi connectivity index (χ0v) is 15.2. The molecule has 128 valence electrons. The van der Waals surface area contributed by atoms with Crippen molar-refractivity contribution in [2.75, 3.05) is 0 Å². The van der Waals surface area contributed by atoms with Gasteiger partial charge >= 0.3 is 0 Å². The molecule has 0 saturated heterocycles. The molecule has 0 aliphatic heterocycles. The van der Waals surface area contributed by atoms with Crippen LogP contribution in [0.25, 0.3) is 0 Å². The third kappa shape index (κ3) is 1.95. The number of ketones is 2. The second-order valence-corrected chi connectivity index (χ2v) is 9.11. The van der Waals surface area contributed by atoms with E-state index in [1.807, 2.05) is 6.08 Å². The summed E-state index contributed by atoms with van der Waals surface area (Å²) in [4.78, 5) is 24.1. The minimum Gasteiger partial charge on any atom is -0.300 e. The molecule has 0 heterocycles. The fraction of sp³-hybridized carbons (Fsp3) is 0.636. The highest BCUT2D eigenvalue weighted by molar-refractivity contribution is 6.01. The highest BCUT2D eigenvalue weighted by Crippen LogP contribution is 2.65. The highest BCUT2D eigenvalue weighted by atomic mass is 16.1. The molecule has 0 bridgehead atoms. The Bertz CT molecular complexity index is 697. The average Bonchev–Trinajstić information content (AvgIpc) is 2.78. The first kappa shape index (κ1) is 16.1. The van der Waals surface area contributed by atoms with Gasteiger partial charge in [0.1, 0.15) is 5.78 Å². The van der Waals surface area contributed by atoms with Gasteiger partial charge in [0.05, 0.1) is 0 Å². The van der Waals surface area contributed by atoms with Gasteiger partial charge in [-0.3, -0.25) is 9.59 Å². The lowest BCUT2D eigenvalue weighted by Gasteiger charge is -2.54. The normalized spacial score (nSPS) is 49.2. The maximum absolute atomic E-state index is 12.3. The van der Waals surface area contributed by atoms with Crippen LogP contribution in [0.15, 0.2) is 36.0 Å². The Labute approximate surface area is 145 Å². The SMILES string of the molecule is CC(=O)[C@H]1C(C)C[C@H]2[C@@H]3C=CC4=CC(=O)C=C[C@]4(C)[C@H]3CC[C@]12C. The number of carbonyl (C=O) groups excluding carboxylic acids is 2. The first-order valence-electron chi connectivity index (χ1n) is 9.41. The molecule has 0 radical (unpaired) electrons. The van der Waals surface area contributed by atoms with Crippen molar-refractivity contribution in [1.29, 1.82) is 0 Å². The molecule has 4 aliphatic rings. The summed E-state index contributed by atoms with van der Waals surface area (Å²) in [6.07, 6.45) is 13.7. The standard InChI is InChI=1S/C22H28O2/c1-13-11-19-17-6-5-15-12-16(24)7-9-21(15,3)18(17)8-10-22(19,4)20(13)14(2)23/h5-7,9,12-13,17-20H,8,10-11H2,1-4H3/t13?,17-,18+,19+,20-,21+,22+/m1/s1. The van der Waals surface area contributed by atoms with E-state index in [0.29, 0.717) is 29.5 Å². The van der Waals surface area contributed by atoms with Crippen molar-refractivity contribution >= 4 is 11.6 Å². The molecular formula is C22H28O2. The highest BCUT2D eigenvalue weighted by Gasteiger charge is 2.60. The number of rotatable bonds is 1. The van der Waals surface area contributed by atoms with Gasteiger partial charge in [-0.15, -0.1) is 0 Å². The molecule has 0 aromatic heterocycles. The Morgan fingerprint density at radius 1 is 1.21 bits per heavy atom. The number of Topliss-reactive ketones (excluding diaryl/α,β-unsaturated/α-hetero) is 1. The van der Waals surface area contributed by atoms with Crippen LogP contribution in [0.3, 0.4) is 0 Å². The fourth-order valence-corrected chi connectivity index (χ4v) is 6.88. The second-order valence-electron chi connectivity index (χ2n) is 9.11. The summed E-state index contributed by atoms with van der Waals surface area (Å²) >= 11 is 0. The summed E-state index contributed by atoms with van der Waals surface area (Å²) in [5.74, 6) is 2.84. The zero-order valence-electron chi connectivity index (χ0n) is 15.2. The topological polar surface area (TPSA) is 34.1 Å². The van der Waals surface area contributed by atoms with Crippen molar-refractivity contribution in [3.63, 3.8) is 0 Å². The van der Waals surface area contributed by atoms with Gasteiger partial charge < -0.3 is 0 Å². The summed E-state index contributed by atoms with van der Waals surface area (Å²) < 4.78 is 0. The van der Waals surface area contributed by atoms with Crippen molar-refractivity contribution in [3.05, 3.63) is 36.0 Å². The molecule has 7 atom stereocenters. The quantitative estimate of drug-likeness (QED) is 0.710. The van der Waals surface area contributed by atoms with Crippen LogP contribution in [0.1, 0.15) is 47.0 Å². The van der Waals surface area contributed by atoms with E-state index in [1.54, 1.807) is 13.0 Å². The Morgan fingerprint density at radius 2 is 1.96 bits per heavy atom. The lowest BCUT2D eigenvalue weighted by molar-refractivity contribution is -0.127. The lowest BCUT2D eigenvalue weighted by Crippen LogP contribution is -2.48. The molecule has 0 aromatic carbocycles. The number of hydrogen-bond acceptors (Lipinski definition) is 2. The summed E-state index contributed by atoms with van der Waals surface area (Å²) in [5, 5.41) is 0. The first-order chi connectivity index (χ1) is 11.3. The van der Waals surface area contributed by atoms with Crippen LogP contribution in [-0.4, -0.2) is 11.6 Å². The van der Waals surface area contributed by atoms with E-state index in [2.05, 4.69) is 39.0 Å². The zero-order chi connectivity index (χ0) is 17.3. The molecule has 2 saturated carbocycles. The molecule has 0 N–H and O–H groups in total. The van der Waals surface area contributed by atoms with Crippen LogP contribution >= 0.6 is 0 Å². The molecule has 1 unspecified atom stereocenters. The monoisotopic (exact) mass is 324 g/mol. The molecule has 0 amide bonds. The predicted octanol–water partition coefficient (Wildman–Crippen LogP) is 4.52. The van der Waals surface area contributed by atoms with E-state index in [0.717, 1.165) is 19.3 Å². The molecule has 2 heteroatoms. The van der Waals surface area contributed by atoms with Crippen LogP contribution in [-0.2, 0) is 9.59 Å². The average molecular weight is 324 g/mol. The van der Waals surface area contributed by atoms with Gasteiger partial charge in [0.15, 0.2) is 5.78 Å². The molecular weight excluding hydrogens is 296 g/mol. The summed E-state index contributed by atoms with van der Waals surface area (Å²) in [7, 11) is 0. The van der Waals surface area contributed by atoms with Crippen molar-refractivity contribution < 1.29 is 9.59 Å². The van der Waals surface area contributed by atoms with Gasteiger partial charge in [0.25, 0.3) is 0 Å². The van der Waals surface area contributed by atoms with Crippen LogP contribution in [0.5, 0.6) is 0 Å². The maximum Gasteiger partial charge on any atom is 0.178 e.